The maximum atomic E-state index is 14.7. The third-order valence-corrected chi connectivity index (χ3v) is 5.15. The van der Waals surface area contributed by atoms with Crippen LogP contribution in [0.15, 0.2) is 64.1 Å². The number of hydrogen-bond acceptors (Lipinski definition) is 6. The van der Waals surface area contributed by atoms with E-state index in [2.05, 4.69) is 10.1 Å². The first-order valence-electron chi connectivity index (χ1n) is 9.54. The predicted octanol–water partition coefficient (Wildman–Crippen LogP) is 3.12. The molecule has 0 bridgehead atoms. The smallest absolute Gasteiger partial charge is 0.191 e. The van der Waals surface area contributed by atoms with Gasteiger partial charge < -0.3 is 20.3 Å². The molecule has 0 saturated heterocycles. The number of aliphatic hydroxyl groups excluding tert-OH is 1. The highest BCUT2D eigenvalue weighted by atomic mass is 19.1. The Labute approximate surface area is 168 Å². The summed E-state index contributed by atoms with van der Waals surface area (Å²) in [4.78, 5) is 5.85. The summed E-state index contributed by atoms with van der Waals surface area (Å²) in [6, 6.07) is 16.5. The van der Waals surface area contributed by atoms with E-state index in [1.807, 2.05) is 49.4 Å². The average Bonchev–Trinajstić information content (AvgIpc) is 3.19. The van der Waals surface area contributed by atoms with Crippen molar-refractivity contribution in [1.82, 2.24) is 10.1 Å². The van der Waals surface area contributed by atoms with Gasteiger partial charge in [-0.1, -0.05) is 54.5 Å². The molecule has 2 unspecified atom stereocenters. The van der Waals surface area contributed by atoms with Crippen molar-refractivity contribution in [3.8, 4) is 11.1 Å². The Kier molecular flexibility index (Phi) is 5.31. The average molecular weight is 394 g/mol. The fourth-order valence-electron chi connectivity index (χ4n) is 3.47. The fraction of sp³-hybridized carbons (Fsp3) is 0.273. The van der Waals surface area contributed by atoms with Crippen molar-refractivity contribution in [2.75, 3.05) is 13.1 Å². The number of aromatic nitrogens is 1. The maximum Gasteiger partial charge on any atom is 0.191 e. The highest BCUT2D eigenvalue weighted by Crippen LogP contribution is 2.30. The first-order valence-corrected chi connectivity index (χ1v) is 9.54. The number of halogens is 1. The third-order valence-electron chi connectivity index (χ3n) is 5.15. The van der Waals surface area contributed by atoms with Crippen LogP contribution in [0.25, 0.3) is 11.1 Å². The molecule has 3 aromatic rings. The number of rotatable bonds is 5. The summed E-state index contributed by atoms with van der Waals surface area (Å²) in [5.41, 5.74) is 8.79. The standard InChI is InChI=1S/C22H23FN4O2/c1-14(16-7-8-19(20(23)9-16)15-5-3-2-4-6-15)21-10-17(26-29-21)12-27-13-18(28)11-25-22(27)24/h2-10,14,18,28H,11-13H2,1H3,(H2,24,25). The molecule has 2 heterocycles. The van der Waals surface area contributed by atoms with Crippen molar-refractivity contribution in [2.45, 2.75) is 25.5 Å². The van der Waals surface area contributed by atoms with Crippen LogP contribution in [0.2, 0.25) is 0 Å². The number of β-amino-alcohol motifs (C(OH)–C–C–N with tert-alkyl or cyclic N) is 1. The number of nitrogens with two attached hydrogens (primary N) is 1. The molecule has 1 aromatic heterocycles. The first-order chi connectivity index (χ1) is 14.0. The van der Waals surface area contributed by atoms with E-state index >= 15 is 0 Å². The van der Waals surface area contributed by atoms with Gasteiger partial charge in [-0.15, -0.1) is 0 Å². The Morgan fingerprint density at radius 1 is 1.24 bits per heavy atom. The van der Waals surface area contributed by atoms with E-state index in [0.29, 0.717) is 42.6 Å². The molecule has 3 N–H and O–H groups in total. The van der Waals surface area contributed by atoms with Crippen molar-refractivity contribution in [1.29, 1.82) is 0 Å². The number of hydrogen-bond donors (Lipinski definition) is 2. The van der Waals surface area contributed by atoms with E-state index in [9.17, 15) is 9.50 Å². The summed E-state index contributed by atoms with van der Waals surface area (Å²) >= 11 is 0. The van der Waals surface area contributed by atoms with Crippen LogP contribution in [0.3, 0.4) is 0 Å². The Morgan fingerprint density at radius 2 is 2.03 bits per heavy atom. The van der Waals surface area contributed by atoms with Crippen molar-refractivity contribution < 1.29 is 14.0 Å². The fourth-order valence-corrected chi connectivity index (χ4v) is 3.47. The zero-order valence-corrected chi connectivity index (χ0v) is 16.1. The molecule has 150 valence electrons. The molecule has 0 amide bonds. The molecule has 2 atom stereocenters. The topological polar surface area (TPSA) is 87.9 Å². The minimum atomic E-state index is -0.543. The molecule has 0 saturated carbocycles. The predicted molar refractivity (Wildman–Crippen MR) is 109 cm³/mol. The van der Waals surface area contributed by atoms with Gasteiger partial charge in [0, 0.05) is 24.1 Å². The van der Waals surface area contributed by atoms with E-state index in [1.165, 1.54) is 0 Å². The van der Waals surface area contributed by atoms with Crippen LogP contribution in [0.1, 0.15) is 29.9 Å². The van der Waals surface area contributed by atoms with Gasteiger partial charge in [0.2, 0.25) is 0 Å². The molecule has 29 heavy (non-hydrogen) atoms. The van der Waals surface area contributed by atoms with E-state index in [0.717, 1.165) is 11.1 Å². The summed E-state index contributed by atoms with van der Waals surface area (Å²) < 4.78 is 20.2. The van der Waals surface area contributed by atoms with Gasteiger partial charge in [-0.3, -0.25) is 4.99 Å². The number of aliphatic hydroxyl groups is 1. The van der Waals surface area contributed by atoms with Crippen LogP contribution in [-0.2, 0) is 6.54 Å². The van der Waals surface area contributed by atoms with Crippen LogP contribution >= 0.6 is 0 Å². The molecule has 1 aliphatic rings. The molecule has 0 aliphatic carbocycles. The van der Waals surface area contributed by atoms with Crippen molar-refractivity contribution in [2.24, 2.45) is 10.7 Å². The van der Waals surface area contributed by atoms with E-state index in [1.54, 1.807) is 17.0 Å². The molecule has 0 fully saturated rings. The normalized spacial score (nSPS) is 17.8. The van der Waals surface area contributed by atoms with Crippen LogP contribution < -0.4 is 5.73 Å². The number of guanidine groups is 1. The van der Waals surface area contributed by atoms with E-state index < -0.39 is 6.10 Å². The minimum absolute atomic E-state index is 0.159. The summed E-state index contributed by atoms with van der Waals surface area (Å²) in [5, 5.41) is 13.9. The van der Waals surface area contributed by atoms with E-state index in [-0.39, 0.29) is 11.7 Å². The lowest BCUT2D eigenvalue weighted by Crippen LogP contribution is -2.46. The lowest BCUT2D eigenvalue weighted by molar-refractivity contribution is 0.135. The van der Waals surface area contributed by atoms with Crippen molar-refractivity contribution >= 4 is 5.96 Å². The van der Waals surface area contributed by atoms with Crippen LogP contribution in [0, 0.1) is 5.82 Å². The quantitative estimate of drug-likeness (QED) is 0.694. The molecule has 6 nitrogen and oxygen atoms in total. The largest absolute Gasteiger partial charge is 0.389 e. The van der Waals surface area contributed by atoms with Gasteiger partial charge in [0.1, 0.15) is 17.3 Å². The van der Waals surface area contributed by atoms with Gasteiger partial charge in [-0.25, -0.2) is 4.39 Å². The second-order valence-electron chi connectivity index (χ2n) is 7.28. The van der Waals surface area contributed by atoms with E-state index in [4.69, 9.17) is 10.3 Å². The first kappa shape index (κ1) is 19.1. The molecular weight excluding hydrogens is 371 g/mol. The Balaban J connectivity index is 1.50. The number of benzene rings is 2. The summed E-state index contributed by atoms with van der Waals surface area (Å²) in [5.74, 6) is 0.589. The Bertz CT molecular complexity index is 1020. The van der Waals surface area contributed by atoms with Gasteiger partial charge in [0.05, 0.1) is 19.2 Å². The second kappa shape index (κ2) is 8.05. The lowest BCUT2D eigenvalue weighted by Gasteiger charge is -2.28. The second-order valence-corrected chi connectivity index (χ2v) is 7.28. The molecule has 4 rings (SSSR count). The zero-order valence-electron chi connectivity index (χ0n) is 16.1. The van der Waals surface area contributed by atoms with Gasteiger partial charge in [-0.05, 0) is 17.2 Å². The Hall–Kier alpha value is -3.19. The summed E-state index contributed by atoms with van der Waals surface area (Å²) in [6.07, 6.45) is -0.543. The molecule has 0 radical (unpaired) electrons. The SMILES string of the molecule is CC(c1ccc(-c2ccccc2)c(F)c1)c1cc(CN2CC(O)CN=C2N)no1. The molecule has 0 spiro atoms. The van der Waals surface area contributed by atoms with Gasteiger partial charge >= 0.3 is 0 Å². The highest BCUT2D eigenvalue weighted by Gasteiger charge is 2.22. The molecule has 7 heteroatoms. The van der Waals surface area contributed by atoms with Crippen LogP contribution in [0.5, 0.6) is 0 Å². The van der Waals surface area contributed by atoms with Gasteiger partial charge in [0.15, 0.2) is 5.96 Å². The van der Waals surface area contributed by atoms with Gasteiger partial charge in [0.25, 0.3) is 0 Å². The maximum absolute atomic E-state index is 14.7. The van der Waals surface area contributed by atoms with Gasteiger partial charge in [-0.2, -0.15) is 0 Å². The molecule has 2 aromatic carbocycles. The molecule has 1 aliphatic heterocycles. The van der Waals surface area contributed by atoms with Crippen molar-refractivity contribution in [3.63, 3.8) is 0 Å². The molecular formula is C22H23FN4O2. The van der Waals surface area contributed by atoms with Crippen LogP contribution in [0.4, 0.5) is 4.39 Å². The number of nitrogens with zero attached hydrogens (tertiary/aromatic N) is 3. The summed E-state index contributed by atoms with van der Waals surface area (Å²) in [7, 11) is 0. The zero-order chi connectivity index (χ0) is 20.4. The summed E-state index contributed by atoms with van der Waals surface area (Å²) in [6.45, 7) is 3.05. The third kappa shape index (κ3) is 4.14. The Morgan fingerprint density at radius 3 is 2.79 bits per heavy atom. The lowest BCUT2D eigenvalue weighted by atomic mass is 9.95. The number of aliphatic imine (C=N–C) groups is 1. The van der Waals surface area contributed by atoms with Crippen LogP contribution in [-0.4, -0.2) is 40.3 Å². The van der Waals surface area contributed by atoms with Crippen molar-refractivity contribution in [3.05, 3.63) is 77.4 Å². The monoisotopic (exact) mass is 394 g/mol. The highest BCUT2D eigenvalue weighted by molar-refractivity contribution is 5.78. The minimum Gasteiger partial charge on any atom is -0.389 e.